The Bertz CT molecular complexity index is 47.8. The highest BCUT2D eigenvalue weighted by molar-refractivity contribution is 7.99. The zero-order valence-electron chi connectivity index (χ0n) is 5.68. The van der Waals surface area contributed by atoms with Gasteiger partial charge in [0.25, 0.3) is 0 Å². The van der Waals surface area contributed by atoms with Crippen molar-refractivity contribution in [3.05, 3.63) is 0 Å². The van der Waals surface area contributed by atoms with E-state index in [4.69, 9.17) is 5.73 Å². The molecule has 0 spiro atoms. The van der Waals surface area contributed by atoms with Crippen LogP contribution in [0, 0.1) is 0 Å². The average Bonchev–Trinajstić information content (AvgIpc) is 1.83. The first kappa shape index (κ1) is 8.31. The van der Waals surface area contributed by atoms with E-state index >= 15 is 0 Å². The minimum atomic E-state index is 0.370. The van der Waals surface area contributed by atoms with E-state index in [0.717, 1.165) is 6.42 Å². The van der Waals surface area contributed by atoms with Crippen molar-refractivity contribution in [3.63, 3.8) is 0 Å². The van der Waals surface area contributed by atoms with Crippen LogP contribution in [0.5, 0.6) is 0 Å². The van der Waals surface area contributed by atoms with Crippen LogP contribution in [0.4, 0.5) is 0 Å². The number of thioether (sulfide) groups is 1. The van der Waals surface area contributed by atoms with Crippen molar-refractivity contribution in [1.29, 1.82) is 0 Å². The Morgan fingerprint density at radius 2 is 2.12 bits per heavy atom. The molecule has 1 nitrogen and oxygen atoms in total. The lowest BCUT2D eigenvalue weighted by molar-refractivity contribution is 0.866. The fourth-order valence-electron chi connectivity index (χ4n) is 0.387. The smallest absolute Gasteiger partial charge is 0.0504 e. The summed E-state index contributed by atoms with van der Waals surface area (Å²) in [7, 11) is 0. The Kier molecular flexibility index (Phi) is 5.66. The molecule has 0 aromatic rings. The van der Waals surface area contributed by atoms with Crippen LogP contribution in [0.3, 0.4) is 0 Å². The molecule has 50 valence electrons. The van der Waals surface area contributed by atoms with Crippen molar-refractivity contribution in [2.75, 3.05) is 5.75 Å². The van der Waals surface area contributed by atoms with Gasteiger partial charge < -0.3 is 5.73 Å². The second-order valence-corrected chi connectivity index (χ2v) is 3.16. The van der Waals surface area contributed by atoms with Gasteiger partial charge in [0.1, 0.15) is 0 Å². The highest BCUT2D eigenvalue weighted by Gasteiger charge is 1.94. The third-order valence-electron chi connectivity index (χ3n) is 0.938. The summed E-state index contributed by atoms with van der Waals surface area (Å²) in [5.74, 6) is 1.20. The number of rotatable bonds is 4. The third kappa shape index (κ3) is 4.47. The molecule has 0 rings (SSSR count). The summed E-state index contributed by atoms with van der Waals surface area (Å²) in [6.07, 6.45) is 2.32. The van der Waals surface area contributed by atoms with Crippen LogP contribution >= 0.6 is 11.8 Å². The van der Waals surface area contributed by atoms with E-state index in [9.17, 15) is 0 Å². The van der Waals surface area contributed by atoms with Crippen LogP contribution in [0.2, 0.25) is 0 Å². The van der Waals surface area contributed by atoms with E-state index in [0.29, 0.717) is 5.37 Å². The molecule has 1 atom stereocenters. The lowest BCUT2D eigenvalue weighted by Crippen LogP contribution is -2.13. The Labute approximate surface area is 56.0 Å². The maximum atomic E-state index is 5.62. The highest BCUT2D eigenvalue weighted by Crippen LogP contribution is 2.08. The van der Waals surface area contributed by atoms with Gasteiger partial charge in [-0.1, -0.05) is 13.8 Å². The van der Waals surface area contributed by atoms with Crippen molar-refractivity contribution in [1.82, 2.24) is 0 Å². The van der Waals surface area contributed by atoms with Crippen molar-refractivity contribution >= 4 is 11.8 Å². The molecule has 1 unspecified atom stereocenters. The number of hydrogen-bond donors (Lipinski definition) is 1. The minimum Gasteiger partial charge on any atom is -0.319 e. The third-order valence-corrected chi connectivity index (χ3v) is 2.34. The zero-order chi connectivity index (χ0) is 6.41. The summed E-state index contributed by atoms with van der Waals surface area (Å²) in [6.45, 7) is 4.29. The quantitative estimate of drug-likeness (QED) is 0.592. The van der Waals surface area contributed by atoms with E-state index in [1.807, 2.05) is 11.8 Å². The molecule has 0 aromatic heterocycles. The first-order valence-corrected chi connectivity index (χ1v) is 4.23. The van der Waals surface area contributed by atoms with Gasteiger partial charge in [0.15, 0.2) is 0 Å². The lowest BCUT2D eigenvalue weighted by Gasteiger charge is -2.04. The molecule has 0 aliphatic heterocycles. The van der Waals surface area contributed by atoms with E-state index in [1.54, 1.807) is 0 Å². The Morgan fingerprint density at radius 1 is 1.50 bits per heavy atom. The predicted molar refractivity (Wildman–Crippen MR) is 41.0 cm³/mol. The van der Waals surface area contributed by atoms with E-state index in [-0.39, 0.29) is 0 Å². The van der Waals surface area contributed by atoms with Crippen LogP contribution in [0.25, 0.3) is 0 Å². The topological polar surface area (TPSA) is 26.0 Å². The van der Waals surface area contributed by atoms with Crippen LogP contribution in [0.15, 0.2) is 0 Å². The van der Waals surface area contributed by atoms with E-state index in [2.05, 4.69) is 13.8 Å². The van der Waals surface area contributed by atoms with Gasteiger partial charge in [-0.15, -0.1) is 11.8 Å². The van der Waals surface area contributed by atoms with E-state index in [1.165, 1.54) is 12.2 Å². The summed E-state index contributed by atoms with van der Waals surface area (Å²) < 4.78 is 0. The fourth-order valence-corrected chi connectivity index (χ4v) is 1.16. The van der Waals surface area contributed by atoms with Gasteiger partial charge in [0.2, 0.25) is 0 Å². The molecule has 0 saturated carbocycles. The maximum Gasteiger partial charge on any atom is 0.0504 e. The molecule has 0 fully saturated rings. The van der Waals surface area contributed by atoms with Crippen molar-refractivity contribution < 1.29 is 0 Å². The summed E-state index contributed by atoms with van der Waals surface area (Å²) in [4.78, 5) is 0. The van der Waals surface area contributed by atoms with Gasteiger partial charge >= 0.3 is 0 Å². The molecule has 0 aliphatic rings. The highest BCUT2D eigenvalue weighted by atomic mass is 32.2. The number of hydrogen-bond acceptors (Lipinski definition) is 2. The van der Waals surface area contributed by atoms with Crippen LogP contribution in [-0.2, 0) is 0 Å². The van der Waals surface area contributed by atoms with E-state index < -0.39 is 0 Å². The van der Waals surface area contributed by atoms with Gasteiger partial charge in [-0.05, 0) is 18.6 Å². The van der Waals surface area contributed by atoms with Crippen molar-refractivity contribution in [2.24, 2.45) is 5.73 Å². The van der Waals surface area contributed by atoms with Gasteiger partial charge in [0, 0.05) is 0 Å². The summed E-state index contributed by atoms with van der Waals surface area (Å²) in [6, 6.07) is 0. The molecule has 0 aromatic carbocycles. The zero-order valence-corrected chi connectivity index (χ0v) is 6.50. The average molecular weight is 133 g/mol. The van der Waals surface area contributed by atoms with Crippen LogP contribution < -0.4 is 5.73 Å². The van der Waals surface area contributed by atoms with Crippen LogP contribution in [-0.4, -0.2) is 11.1 Å². The first-order chi connectivity index (χ1) is 3.81. The molecule has 0 amide bonds. The molecular formula is C6H15NS. The molecule has 0 aliphatic carbocycles. The second kappa shape index (κ2) is 5.45. The largest absolute Gasteiger partial charge is 0.319 e. The summed E-state index contributed by atoms with van der Waals surface area (Å²) in [5.41, 5.74) is 5.62. The molecule has 8 heavy (non-hydrogen) atoms. The Balaban J connectivity index is 2.86. The van der Waals surface area contributed by atoms with Crippen molar-refractivity contribution in [3.8, 4) is 0 Å². The molecule has 0 saturated heterocycles. The number of nitrogens with two attached hydrogens (primary N) is 1. The molecular weight excluding hydrogens is 118 g/mol. The second-order valence-electron chi connectivity index (χ2n) is 1.82. The van der Waals surface area contributed by atoms with Crippen molar-refractivity contribution in [2.45, 2.75) is 32.1 Å². The molecule has 0 bridgehead atoms. The molecule has 0 heterocycles. The van der Waals surface area contributed by atoms with Gasteiger partial charge in [-0.2, -0.15) is 0 Å². The maximum absolute atomic E-state index is 5.62. The monoisotopic (exact) mass is 133 g/mol. The molecule has 2 heteroatoms. The van der Waals surface area contributed by atoms with Gasteiger partial charge in [0.05, 0.1) is 5.37 Å². The van der Waals surface area contributed by atoms with Gasteiger partial charge in [-0.3, -0.25) is 0 Å². The standard InChI is InChI=1S/C6H15NS/c1-3-5-8-6(7)4-2/h6H,3-5,7H2,1-2H3. The predicted octanol–water partition coefficient (Wildman–Crippen LogP) is 1.82. The summed E-state index contributed by atoms with van der Waals surface area (Å²) >= 11 is 1.85. The SMILES string of the molecule is CCCSC(N)CC. The minimum absolute atomic E-state index is 0.370. The normalized spacial score (nSPS) is 13.9. The first-order valence-electron chi connectivity index (χ1n) is 3.18. The summed E-state index contributed by atoms with van der Waals surface area (Å²) in [5, 5.41) is 0.370. The molecule has 0 radical (unpaired) electrons. The van der Waals surface area contributed by atoms with Crippen LogP contribution in [0.1, 0.15) is 26.7 Å². The Hall–Kier alpha value is 0.310. The molecule has 2 N–H and O–H groups in total. The Morgan fingerprint density at radius 3 is 2.50 bits per heavy atom. The van der Waals surface area contributed by atoms with Gasteiger partial charge in [-0.25, -0.2) is 0 Å². The fraction of sp³-hybridized carbons (Fsp3) is 1.00. The lowest BCUT2D eigenvalue weighted by atomic mass is 10.5.